The van der Waals surface area contributed by atoms with E-state index in [-0.39, 0.29) is 16.1 Å². The van der Waals surface area contributed by atoms with Gasteiger partial charge in [-0.15, -0.1) is 0 Å². The number of sulfonamides is 1. The van der Waals surface area contributed by atoms with E-state index in [4.69, 9.17) is 4.74 Å². The number of anilines is 2. The summed E-state index contributed by atoms with van der Waals surface area (Å²) in [6.45, 7) is 6.28. The van der Waals surface area contributed by atoms with Crippen LogP contribution in [0.1, 0.15) is 24.2 Å². The van der Waals surface area contributed by atoms with Crippen molar-refractivity contribution in [1.29, 1.82) is 0 Å². The van der Waals surface area contributed by atoms with Crippen LogP contribution in [0.15, 0.2) is 47.4 Å². The molecule has 0 spiro atoms. The van der Waals surface area contributed by atoms with E-state index in [0.717, 1.165) is 0 Å². The number of hydrogen-bond donors (Lipinski definition) is 1. The summed E-state index contributed by atoms with van der Waals surface area (Å²) in [5.41, 5.74) is 1.08. The van der Waals surface area contributed by atoms with Gasteiger partial charge in [0.05, 0.1) is 28.6 Å². The molecule has 172 valence electrons. The molecule has 0 unspecified atom stereocenters. The van der Waals surface area contributed by atoms with Crippen LogP contribution in [0.25, 0.3) is 0 Å². The molecule has 1 aliphatic heterocycles. The van der Waals surface area contributed by atoms with Gasteiger partial charge < -0.3 is 15.0 Å². The molecule has 1 heterocycles. The predicted octanol–water partition coefficient (Wildman–Crippen LogP) is 2.71. The molecule has 0 bridgehead atoms. The van der Waals surface area contributed by atoms with Crippen LogP contribution in [0, 0.1) is 10.1 Å². The van der Waals surface area contributed by atoms with Gasteiger partial charge in [0.15, 0.2) is 0 Å². The fourth-order valence-electron chi connectivity index (χ4n) is 3.51. The zero-order chi connectivity index (χ0) is 23.3. The van der Waals surface area contributed by atoms with Gasteiger partial charge in [0, 0.05) is 49.7 Å². The summed E-state index contributed by atoms with van der Waals surface area (Å²) in [6.07, 6.45) is 0. The molecule has 11 heteroatoms. The summed E-state index contributed by atoms with van der Waals surface area (Å²) in [5.74, 6) is -0.503. The first-order valence-corrected chi connectivity index (χ1v) is 11.7. The first kappa shape index (κ1) is 23.6. The lowest BCUT2D eigenvalue weighted by atomic mass is 10.1. The summed E-state index contributed by atoms with van der Waals surface area (Å²) >= 11 is 0. The van der Waals surface area contributed by atoms with Crippen molar-refractivity contribution in [3.63, 3.8) is 0 Å². The molecule has 1 fully saturated rings. The van der Waals surface area contributed by atoms with E-state index in [0.29, 0.717) is 50.8 Å². The molecule has 2 aromatic rings. The number of benzene rings is 2. The van der Waals surface area contributed by atoms with Crippen molar-refractivity contribution < 1.29 is 22.9 Å². The molecule has 0 aromatic heterocycles. The summed E-state index contributed by atoms with van der Waals surface area (Å²) in [5, 5.41) is 13.6. The van der Waals surface area contributed by atoms with E-state index < -0.39 is 20.9 Å². The molecule has 1 aliphatic rings. The highest BCUT2D eigenvalue weighted by Gasteiger charge is 2.26. The summed E-state index contributed by atoms with van der Waals surface area (Å²) in [4.78, 5) is 25.5. The molecule has 10 nitrogen and oxygen atoms in total. The number of nitrogens with one attached hydrogen (secondary N) is 1. The van der Waals surface area contributed by atoms with E-state index in [9.17, 15) is 23.3 Å². The number of nitro groups is 1. The third-order valence-corrected chi connectivity index (χ3v) is 7.29. The lowest BCUT2D eigenvalue weighted by Gasteiger charge is -2.30. The third kappa shape index (κ3) is 5.06. The highest BCUT2D eigenvalue weighted by atomic mass is 32.2. The van der Waals surface area contributed by atoms with Crippen LogP contribution >= 0.6 is 0 Å². The molecule has 1 N–H and O–H groups in total. The first-order chi connectivity index (χ1) is 15.3. The lowest BCUT2D eigenvalue weighted by molar-refractivity contribution is -0.384. The predicted molar refractivity (Wildman–Crippen MR) is 121 cm³/mol. The third-order valence-electron chi connectivity index (χ3n) is 5.24. The molecular weight excluding hydrogens is 436 g/mol. The molecule has 0 saturated carbocycles. The molecule has 0 radical (unpaired) electrons. The van der Waals surface area contributed by atoms with E-state index in [1.165, 1.54) is 40.7 Å². The SMILES string of the molecule is CCN(CC)S(=O)(=O)c1ccc(N2CCOCC2)c(C(=O)Nc2ccc([N+](=O)[O-])cc2)c1. The molecule has 1 saturated heterocycles. The van der Waals surface area contributed by atoms with Crippen LogP contribution in [-0.4, -0.2) is 62.9 Å². The molecule has 0 aliphatic carbocycles. The fourth-order valence-corrected chi connectivity index (χ4v) is 5.00. The minimum Gasteiger partial charge on any atom is -0.378 e. The molecule has 0 atom stereocenters. The maximum atomic E-state index is 13.2. The smallest absolute Gasteiger partial charge is 0.269 e. The zero-order valence-corrected chi connectivity index (χ0v) is 18.8. The number of ether oxygens (including phenoxy) is 1. The van der Waals surface area contributed by atoms with E-state index in [1.807, 2.05) is 4.90 Å². The van der Waals surface area contributed by atoms with Crippen LogP contribution in [0.3, 0.4) is 0 Å². The minimum absolute atomic E-state index is 0.0343. The van der Waals surface area contributed by atoms with Gasteiger partial charge in [-0.3, -0.25) is 14.9 Å². The number of carbonyl (C=O) groups excluding carboxylic acids is 1. The van der Waals surface area contributed by atoms with E-state index in [2.05, 4.69) is 5.32 Å². The lowest BCUT2D eigenvalue weighted by Crippen LogP contribution is -2.37. The second-order valence-electron chi connectivity index (χ2n) is 7.13. The normalized spacial score (nSPS) is 14.4. The largest absolute Gasteiger partial charge is 0.378 e. The number of nitro benzene ring substituents is 1. The zero-order valence-electron chi connectivity index (χ0n) is 18.0. The maximum absolute atomic E-state index is 13.2. The Bertz CT molecular complexity index is 1080. The number of hydrogen-bond acceptors (Lipinski definition) is 7. The van der Waals surface area contributed by atoms with Gasteiger partial charge in [-0.2, -0.15) is 4.31 Å². The monoisotopic (exact) mass is 462 g/mol. The topological polar surface area (TPSA) is 122 Å². The Hall–Kier alpha value is -3.02. The highest BCUT2D eigenvalue weighted by Crippen LogP contribution is 2.28. The molecule has 1 amide bonds. The minimum atomic E-state index is -3.76. The Labute approximate surface area is 187 Å². The number of amides is 1. The van der Waals surface area contributed by atoms with Gasteiger partial charge in [-0.25, -0.2) is 8.42 Å². The molecule has 32 heavy (non-hydrogen) atoms. The average molecular weight is 463 g/mol. The Balaban J connectivity index is 1.99. The first-order valence-electron chi connectivity index (χ1n) is 10.3. The number of morpholine rings is 1. The number of rotatable bonds is 8. The van der Waals surface area contributed by atoms with Gasteiger partial charge in [0.2, 0.25) is 10.0 Å². The van der Waals surface area contributed by atoms with E-state index in [1.54, 1.807) is 19.9 Å². The van der Waals surface area contributed by atoms with Crippen molar-refractivity contribution in [1.82, 2.24) is 4.31 Å². The molecule has 2 aromatic carbocycles. The van der Waals surface area contributed by atoms with Gasteiger partial charge in [0.25, 0.3) is 11.6 Å². The fraction of sp³-hybridized carbons (Fsp3) is 0.381. The maximum Gasteiger partial charge on any atom is 0.269 e. The Morgan fingerprint density at radius 2 is 1.75 bits per heavy atom. The van der Waals surface area contributed by atoms with Crippen LogP contribution in [-0.2, 0) is 14.8 Å². The quantitative estimate of drug-likeness (QED) is 0.473. The van der Waals surface area contributed by atoms with E-state index >= 15 is 0 Å². The van der Waals surface area contributed by atoms with Crippen molar-refractivity contribution in [2.75, 3.05) is 49.6 Å². The van der Waals surface area contributed by atoms with Crippen molar-refractivity contribution in [3.05, 3.63) is 58.1 Å². The second kappa shape index (κ2) is 10.1. The van der Waals surface area contributed by atoms with Crippen LogP contribution in [0.2, 0.25) is 0 Å². The summed E-state index contributed by atoms with van der Waals surface area (Å²) < 4.78 is 32.7. The Morgan fingerprint density at radius 3 is 2.31 bits per heavy atom. The number of non-ortho nitro benzene ring substituents is 1. The average Bonchev–Trinajstić information content (AvgIpc) is 2.80. The van der Waals surface area contributed by atoms with Gasteiger partial charge in [-0.05, 0) is 30.3 Å². The number of carbonyl (C=O) groups is 1. The number of nitrogens with zero attached hydrogens (tertiary/aromatic N) is 3. The van der Waals surface area contributed by atoms with Gasteiger partial charge >= 0.3 is 0 Å². The molecular formula is C21H26N4O6S. The van der Waals surface area contributed by atoms with Crippen molar-refractivity contribution in [2.45, 2.75) is 18.7 Å². The Morgan fingerprint density at radius 1 is 1.12 bits per heavy atom. The van der Waals surface area contributed by atoms with Crippen molar-refractivity contribution >= 4 is 33.0 Å². The second-order valence-corrected chi connectivity index (χ2v) is 9.06. The van der Waals surface area contributed by atoms with Crippen molar-refractivity contribution in [2.24, 2.45) is 0 Å². The van der Waals surface area contributed by atoms with Crippen molar-refractivity contribution in [3.8, 4) is 0 Å². The van der Waals surface area contributed by atoms with Crippen LogP contribution in [0.4, 0.5) is 17.1 Å². The summed E-state index contributed by atoms with van der Waals surface area (Å²) in [6, 6.07) is 9.99. The van der Waals surface area contributed by atoms with Crippen LogP contribution < -0.4 is 10.2 Å². The molecule has 3 rings (SSSR count). The van der Waals surface area contributed by atoms with Crippen LogP contribution in [0.5, 0.6) is 0 Å². The standard InChI is InChI=1S/C21H26N4O6S/c1-3-24(4-2)32(29,30)18-9-10-20(23-11-13-31-14-12-23)19(15-18)21(26)22-16-5-7-17(8-6-16)25(27)28/h5-10,15H,3-4,11-14H2,1-2H3,(H,22,26). The highest BCUT2D eigenvalue weighted by molar-refractivity contribution is 7.89. The van der Waals surface area contributed by atoms with Gasteiger partial charge in [0.1, 0.15) is 0 Å². The summed E-state index contributed by atoms with van der Waals surface area (Å²) in [7, 11) is -3.76. The Kier molecular flexibility index (Phi) is 7.44. The van der Waals surface area contributed by atoms with Gasteiger partial charge in [-0.1, -0.05) is 13.8 Å².